The number of aromatic carboxylic acids is 1. The molecule has 0 unspecified atom stereocenters. The zero-order valence-corrected chi connectivity index (χ0v) is 19.2. The molecule has 3 aromatic rings. The molecule has 156 valence electrons. The first-order chi connectivity index (χ1) is 14.9. The van der Waals surface area contributed by atoms with Crippen LogP contribution in [0.15, 0.2) is 68.4 Å². The number of carboxylic acids is 1. The van der Waals surface area contributed by atoms with Crippen LogP contribution in [0.25, 0.3) is 17.4 Å². The SMILES string of the molecule is COc1ccc(Br)cc1-c1ccc(/C=C2/SC(=S)N(c3ccc(C(=O)O)cc3)C2=O)o1. The van der Waals surface area contributed by atoms with E-state index in [0.717, 1.165) is 21.8 Å². The highest BCUT2D eigenvalue weighted by Crippen LogP contribution is 2.38. The number of carboxylic acid groups (broad SMARTS) is 1. The van der Waals surface area contributed by atoms with E-state index < -0.39 is 5.97 Å². The number of methoxy groups -OCH3 is 1. The second-order valence-electron chi connectivity index (χ2n) is 6.42. The Hall–Kier alpha value is -2.88. The summed E-state index contributed by atoms with van der Waals surface area (Å²) in [5.41, 5.74) is 1.42. The molecule has 0 saturated carbocycles. The maximum absolute atomic E-state index is 12.9. The Bertz CT molecular complexity index is 1230. The molecule has 0 aliphatic carbocycles. The summed E-state index contributed by atoms with van der Waals surface area (Å²) < 4.78 is 12.6. The quantitative estimate of drug-likeness (QED) is 0.338. The number of carbonyl (C=O) groups excluding carboxylic acids is 1. The van der Waals surface area contributed by atoms with Gasteiger partial charge in [0.2, 0.25) is 0 Å². The van der Waals surface area contributed by atoms with Gasteiger partial charge >= 0.3 is 5.97 Å². The molecular formula is C22H14BrNO5S2. The number of nitrogens with zero attached hydrogens (tertiary/aromatic N) is 1. The predicted molar refractivity (Wildman–Crippen MR) is 127 cm³/mol. The Kier molecular flexibility index (Phi) is 5.99. The number of ether oxygens (including phenoxy) is 1. The minimum Gasteiger partial charge on any atom is -0.496 e. The third-order valence-corrected chi connectivity index (χ3v) is 6.29. The van der Waals surface area contributed by atoms with Gasteiger partial charge in [-0.1, -0.05) is 39.9 Å². The van der Waals surface area contributed by atoms with Crippen LogP contribution < -0.4 is 9.64 Å². The summed E-state index contributed by atoms with van der Waals surface area (Å²) in [6.07, 6.45) is 1.64. The Morgan fingerprint density at radius 2 is 1.94 bits per heavy atom. The number of carbonyl (C=O) groups is 2. The van der Waals surface area contributed by atoms with E-state index in [1.165, 1.54) is 17.0 Å². The van der Waals surface area contributed by atoms with E-state index in [9.17, 15) is 9.59 Å². The number of thiocarbonyl (C=S) groups is 1. The molecule has 0 atom stereocenters. The van der Waals surface area contributed by atoms with Crippen LogP contribution in [-0.4, -0.2) is 28.4 Å². The third-order valence-electron chi connectivity index (χ3n) is 4.49. The molecule has 0 radical (unpaired) electrons. The van der Waals surface area contributed by atoms with Crippen molar-refractivity contribution in [3.63, 3.8) is 0 Å². The van der Waals surface area contributed by atoms with E-state index >= 15 is 0 Å². The molecule has 31 heavy (non-hydrogen) atoms. The molecule has 1 aromatic heterocycles. The minimum absolute atomic E-state index is 0.135. The molecule has 2 aromatic carbocycles. The van der Waals surface area contributed by atoms with Gasteiger partial charge in [-0.2, -0.15) is 0 Å². The van der Waals surface area contributed by atoms with E-state index in [-0.39, 0.29) is 11.5 Å². The monoisotopic (exact) mass is 515 g/mol. The van der Waals surface area contributed by atoms with Crippen LogP contribution in [0.1, 0.15) is 16.1 Å². The van der Waals surface area contributed by atoms with Gasteiger partial charge < -0.3 is 14.3 Å². The number of hydrogen-bond acceptors (Lipinski definition) is 6. The summed E-state index contributed by atoms with van der Waals surface area (Å²) in [6, 6.07) is 15.2. The van der Waals surface area contributed by atoms with Gasteiger partial charge in [-0.25, -0.2) is 4.79 Å². The van der Waals surface area contributed by atoms with Crippen LogP contribution in [0, 0.1) is 0 Å². The smallest absolute Gasteiger partial charge is 0.335 e. The number of halogens is 1. The summed E-state index contributed by atoms with van der Waals surface area (Å²) in [6.45, 7) is 0. The van der Waals surface area contributed by atoms with Crippen LogP contribution in [-0.2, 0) is 4.79 Å². The summed E-state index contributed by atoms with van der Waals surface area (Å²) in [5, 5.41) is 9.04. The predicted octanol–water partition coefficient (Wildman–Crippen LogP) is 5.82. The van der Waals surface area contributed by atoms with Gasteiger partial charge in [0.15, 0.2) is 4.32 Å². The van der Waals surface area contributed by atoms with Crippen molar-refractivity contribution < 1.29 is 23.8 Å². The maximum atomic E-state index is 12.9. The Balaban J connectivity index is 1.61. The number of anilines is 1. The number of benzene rings is 2. The van der Waals surface area contributed by atoms with E-state index in [2.05, 4.69) is 15.9 Å². The lowest BCUT2D eigenvalue weighted by molar-refractivity contribution is -0.113. The topological polar surface area (TPSA) is 80.0 Å². The highest BCUT2D eigenvalue weighted by atomic mass is 79.9. The summed E-state index contributed by atoms with van der Waals surface area (Å²) in [5.74, 6) is 0.437. The Morgan fingerprint density at radius 1 is 1.19 bits per heavy atom. The molecule has 0 spiro atoms. The number of amides is 1. The molecule has 1 amide bonds. The number of hydrogen-bond donors (Lipinski definition) is 1. The van der Waals surface area contributed by atoms with Crippen molar-refractivity contribution in [3.8, 4) is 17.1 Å². The van der Waals surface area contributed by atoms with Crippen molar-refractivity contribution in [1.82, 2.24) is 0 Å². The summed E-state index contributed by atoms with van der Waals surface area (Å²) in [7, 11) is 1.59. The zero-order valence-electron chi connectivity index (χ0n) is 16.0. The molecule has 1 saturated heterocycles. The Labute approximate surface area is 195 Å². The summed E-state index contributed by atoms with van der Waals surface area (Å²) >= 11 is 9.97. The fourth-order valence-electron chi connectivity index (χ4n) is 3.02. The molecule has 1 N–H and O–H groups in total. The molecular weight excluding hydrogens is 502 g/mol. The molecule has 0 bridgehead atoms. The second-order valence-corrected chi connectivity index (χ2v) is 9.01. The van der Waals surface area contributed by atoms with E-state index in [4.69, 9.17) is 26.5 Å². The van der Waals surface area contributed by atoms with Crippen molar-refractivity contribution >= 4 is 67.9 Å². The molecule has 1 aliphatic rings. The van der Waals surface area contributed by atoms with Gasteiger partial charge in [0, 0.05) is 10.5 Å². The van der Waals surface area contributed by atoms with E-state index in [1.807, 2.05) is 24.3 Å². The first kappa shape index (κ1) is 21.4. The van der Waals surface area contributed by atoms with Crippen LogP contribution in [0.5, 0.6) is 5.75 Å². The fraction of sp³-hybridized carbons (Fsp3) is 0.0455. The lowest BCUT2D eigenvalue weighted by atomic mass is 10.1. The van der Waals surface area contributed by atoms with Gasteiger partial charge in [0.05, 0.1) is 28.8 Å². The largest absolute Gasteiger partial charge is 0.496 e. The molecule has 1 fully saturated rings. The van der Waals surface area contributed by atoms with Gasteiger partial charge in [-0.05, 0) is 54.6 Å². The van der Waals surface area contributed by atoms with Crippen molar-refractivity contribution in [2.24, 2.45) is 0 Å². The highest BCUT2D eigenvalue weighted by molar-refractivity contribution is 9.10. The first-order valence-corrected chi connectivity index (χ1v) is 10.9. The fourth-order valence-corrected chi connectivity index (χ4v) is 4.66. The van der Waals surface area contributed by atoms with Crippen LogP contribution in [0.3, 0.4) is 0 Å². The summed E-state index contributed by atoms with van der Waals surface area (Å²) in [4.78, 5) is 25.8. The average molecular weight is 516 g/mol. The zero-order chi connectivity index (χ0) is 22.1. The van der Waals surface area contributed by atoms with Gasteiger partial charge in [0.1, 0.15) is 17.3 Å². The van der Waals surface area contributed by atoms with Crippen LogP contribution >= 0.6 is 39.9 Å². The van der Waals surface area contributed by atoms with Crippen LogP contribution in [0.2, 0.25) is 0 Å². The van der Waals surface area contributed by atoms with Crippen molar-refractivity contribution in [2.75, 3.05) is 12.0 Å². The standard InChI is InChI=1S/C22H14BrNO5S2/c1-28-17-8-4-13(23)10-16(17)18-9-7-15(29-18)11-19-20(25)24(22(30)31-19)14-5-2-12(3-6-14)21(26)27/h2-11H,1H3,(H,26,27)/b19-11+. The number of furan rings is 1. The lowest BCUT2D eigenvalue weighted by Gasteiger charge is -2.14. The highest BCUT2D eigenvalue weighted by Gasteiger charge is 2.33. The molecule has 4 rings (SSSR count). The Morgan fingerprint density at radius 3 is 2.61 bits per heavy atom. The van der Waals surface area contributed by atoms with Crippen molar-refractivity contribution in [1.29, 1.82) is 0 Å². The normalized spacial score (nSPS) is 15.0. The third kappa shape index (κ3) is 4.30. The van der Waals surface area contributed by atoms with Gasteiger partial charge in [-0.15, -0.1) is 0 Å². The van der Waals surface area contributed by atoms with Crippen molar-refractivity contribution in [3.05, 3.63) is 75.3 Å². The molecule has 6 nitrogen and oxygen atoms in total. The molecule has 9 heteroatoms. The van der Waals surface area contributed by atoms with E-state index in [1.54, 1.807) is 31.4 Å². The minimum atomic E-state index is -1.03. The molecule has 2 heterocycles. The number of thioether (sulfide) groups is 1. The molecule has 1 aliphatic heterocycles. The van der Waals surface area contributed by atoms with Gasteiger partial charge in [-0.3, -0.25) is 9.69 Å². The van der Waals surface area contributed by atoms with E-state index in [0.29, 0.717) is 32.2 Å². The van der Waals surface area contributed by atoms with Crippen molar-refractivity contribution in [2.45, 2.75) is 0 Å². The lowest BCUT2D eigenvalue weighted by Crippen LogP contribution is -2.27. The van der Waals surface area contributed by atoms with Crippen LogP contribution in [0.4, 0.5) is 5.69 Å². The van der Waals surface area contributed by atoms with Gasteiger partial charge in [0.25, 0.3) is 5.91 Å². The average Bonchev–Trinajstić information content (AvgIpc) is 3.32. The second kappa shape index (κ2) is 8.70. The number of rotatable bonds is 5. The maximum Gasteiger partial charge on any atom is 0.335 e. The first-order valence-electron chi connectivity index (χ1n) is 8.92.